The van der Waals surface area contributed by atoms with Crippen LogP contribution in [0.4, 0.5) is 5.69 Å². The average Bonchev–Trinajstić information content (AvgIpc) is 2.86. The van der Waals surface area contributed by atoms with Gasteiger partial charge in [-0.05, 0) is 18.6 Å². The summed E-state index contributed by atoms with van der Waals surface area (Å²) in [4.78, 5) is 18.0. The Morgan fingerprint density at radius 3 is 2.83 bits per heavy atom. The summed E-state index contributed by atoms with van der Waals surface area (Å²) in [5.74, 6) is 0.549. The summed E-state index contributed by atoms with van der Waals surface area (Å²) in [6, 6.07) is 9.71. The van der Waals surface area contributed by atoms with Crippen molar-refractivity contribution < 1.29 is 9.53 Å². The van der Waals surface area contributed by atoms with Gasteiger partial charge >= 0.3 is 5.97 Å². The van der Waals surface area contributed by atoms with Gasteiger partial charge in [0.25, 0.3) is 0 Å². The van der Waals surface area contributed by atoms with Crippen molar-refractivity contribution in [3.8, 4) is 0 Å². The van der Waals surface area contributed by atoms with Gasteiger partial charge in [-0.15, -0.1) is 12.6 Å². The maximum absolute atomic E-state index is 11.5. The van der Waals surface area contributed by atoms with Gasteiger partial charge in [0.1, 0.15) is 5.84 Å². The van der Waals surface area contributed by atoms with Crippen molar-refractivity contribution in [1.82, 2.24) is 4.90 Å². The Morgan fingerprint density at radius 1 is 1.44 bits per heavy atom. The number of thiol groups is 1. The van der Waals surface area contributed by atoms with Crippen LogP contribution in [-0.2, 0) is 9.53 Å². The summed E-state index contributed by atoms with van der Waals surface area (Å²) in [5, 5.41) is -0.569. The lowest BCUT2D eigenvalue weighted by molar-refractivity contribution is -0.142. The van der Waals surface area contributed by atoms with Crippen LogP contribution in [0.1, 0.15) is 12.8 Å². The first-order valence-electron chi connectivity index (χ1n) is 5.87. The minimum absolute atomic E-state index is 0.346. The Labute approximate surface area is 112 Å². The number of hydrogen-bond donors (Lipinski definition) is 1. The highest BCUT2D eigenvalue weighted by Crippen LogP contribution is 2.21. The summed E-state index contributed by atoms with van der Waals surface area (Å²) in [7, 11) is 1.37. The number of carbonyl (C=O) groups is 1. The Kier molecular flexibility index (Phi) is 4.25. The molecule has 4 nitrogen and oxygen atoms in total. The molecule has 1 fully saturated rings. The van der Waals surface area contributed by atoms with Crippen molar-refractivity contribution in [1.29, 1.82) is 0 Å². The van der Waals surface area contributed by atoms with E-state index in [2.05, 4.69) is 17.6 Å². The molecule has 0 radical (unpaired) electrons. The van der Waals surface area contributed by atoms with Crippen LogP contribution in [0, 0.1) is 0 Å². The van der Waals surface area contributed by atoms with Gasteiger partial charge < -0.3 is 9.64 Å². The van der Waals surface area contributed by atoms with Crippen LogP contribution in [0.25, 0.3) is 0 Å². The molecule has 5 heteroatoms. The van der Waals surface area contributed by atoms with Crippen molar-refractivity contribution >= 4 is 30.1 Å². The molecule has 1 aliphatic rings. The molecule has 18 heavy (non-hydrogen) atoms. The van der Waals surface area contributed by atoms with Gasteiger partial charge in [0.2, 0.25) is 0 Å². The monoisotopic (exact) mass is 264 g/mol. The highest BCUT2D eigenvalue weighted by atomic mass is 32.1. The van der Waals surface area contributed by atoms with E-state index in [1.807, 2.05) is 35.2 Å². The topological polar surface area (TPSA) is 41.9 Å². The van der Waals surface area contributed by atoms with E-state index < -0.39 is 5.37 Å². The van der Waals surface area contributed by atoms with E-state index in [0.29, 0.717) is 0 Å². The largest absolute Gasteiger partial charge is 0.467 e. The van der Waals surface area contributed by atoms with E-state index in [1.54, 1.807) is 0 Å². The lowest BCUT2D eigenvalue weighted by atomic mass is 10.3. The Bertz CT molecular complexity index is 448. The lowest BCUT2D eigenvalue weighted by Crippen LogP contribution is -2.38. The van der Waals surface area contributed by atoms with Crippen LogP contribution in [0.15, 0.2) is 35.3 Å². The fourth-order valence-electron chi connectivity index (χ4n) is 1.95. The van der Waals surface area contributed by atoms with E-state index >= 15 is 0 Å². The number of carbonyl (C=O) groups excluding carboxylic acids is 1. The van der Waals surface area contributed by atoms with Crippen molar-refractivity contribution in [2.45, 2.75) is 18.2 Å². The number of hydrogen-bond acceptors (Lipinski definition) is 4. The first kappa shape index (κ1) is 13.0. The minimum atomic E-state index is -0.569. The van der Waals surface area contributed by atoms with Crippen LogP contribution in [0.3, 0.4) is 0 Å². The Balaban J connectivity index is 2.17. The predicted octanol–water partition coefficient (Wildman–Crippen LogP) is 2.24. The van der Waals surface area contributed by atoms with Gasteiger partial charge in [0.05, 0.1) is 12.8 Å². The molecule has 0 N–H and O–H groups in total. The number of para-hydroxylation sites is 1. The molecule has 1 atom stereocenters. The normalized spacial score (nSPS) is 19.0. The van der Waals surface area contributed by atoms with E-state index in [-0.39, 0.29) is 5.97 Å². The molecule has 1 aromatic carbocycles. The lowest BCUT2D eigenvalue weighted by Gasteiger charge is -2.23. The second-order valence-corrected chi connectivity index (χ2v) is 4.55. The molecule has 0 aliphatic carbocycles. The van der Waals surface area contributed by atoms with E-state index in [0.717, 1.165) is 30.9 Å². The zero-order chi connectivity index (χ0) is 13.0. The van der Waals surface area contributed by atoms with Crippen LogP contribution in [0.5, 0.6) is 0 Å². The fourth-order valence-corrected chi connectivity index (χ4v) is 2.30. The van der Waals surface area contributed by atoms with Gasteiger partial charge in [-0.1, -0.05) is 18.2 Å². The number of amidine groups is 1. The van der Waals surface area contributed by atoms with Crippen molar-refractivity contribution in [2.24, 2.45) is 4.99 Å². The summed E-state index contributed by atoms with van der Waals surface area (Å²) in [5.41, 5.74) is 0.893. The predicted molar refractivity (Wildman–Crippen MR) is 74.3 cm³/mol. The van der Waals surface area contributed by atoms with E-state index in [1.165, 1.54) is 7.11 Å². The molecule has 1 heterocycles. The number of methoxy groups -OCH3 is 1. The second-order valence-electron chi connectivity index (χ2n) is 4.06. The molecule has 1 saturated heterocycles. The van der Waals surface area contributed by atoms with Crippen LogP contribution in [0.2, 0.25) is 0 Å². The third-order valence-corrected chi connectivity index (χ3v) is 3.34. The zero-order valence-electron chi connectivity index (χ0n) is 10.2. The zero-order valence-corrected chi connectivity index (χ0v) is 11.1. The van der Waals surface area contributed by atoms with Gasteiger partial charge in [0, 0.05) is 13.0 Å². The molecule has 1 aliphatic heterocycles. The van der Waals surface area contributed by atoms with Gasteiger partial charge in [-0.2, -0.15) is 0 Å². The van der Waals surface area contributed by atoms with Gasteiger partial charge in [-0.3, -0.25) is 0 Å². The smallest absolute Gasteiger partial charge is 0.338 e. The molecule has 0 amide bonds. The first-order chi connectivity index (χ1) is 8.72. The molecule has 1 unspecified atom stereocenters. The Hall–Kier alpha value is -1.49. The van der Waals surface area contributed by atoms with E-state index in [9.17, 15) is 4.79 Å². The summed E-state index contributed by atoms with van der Waals surface area (Å²) in [6.45, 7) is 0.787. The summed E-state index contributed by atoms with van der Waals surface area (Å²) < 4.78 is 4.71. The van der Waals surface area contributed by atoms with E-state index in [4.69, 9.17) is 4.74 Å². The average molecular weight is 264 g/mol. The highest BCUT2D eigenvalue weighted by Gasteiger charge is 2.29. The number of aliphatic imine (C=N–C) groups is 1. The van der Waals surface area contributed by atoms with Crippen molar-refractivity contribution in [2.75, 3.05) is 13.7 Å². The maximum atomic E-state index is 11.5. The summed E-state index contributed by atoms with van der Waals surface area (Å²) in [6.07, 6.45) is 1.85. The van der Waals surface area contributed by atoms with Crippen LogP contribution in [-0.4, -0.2) is 35.7 Å². The number of benzene rings is 1. The molecule has 0 spiro atoms. The minimum Gasteiger partial charge on any atom is -0.467 e. The van der Waals surface area contributed by atoms with Gasteiger partial charge in [0.15, 0.2) is 5.37 Å². The molecule has 1 aromatic rings. The number of esters is 1. The molecule has 2 rings (SSSR count). The highest BCUT2D eigenvalue weighted by molar-refractivity contribution is 7.81. The quantitative estimate of drug-likeness (QED) is 0.672. The molecular weight excluding hydrogens is 248 g/mol. The number of likely N-dealkylation sites (tertiary alicyclic amines) is 1. The van der Waals surface area contributed by atoms with Crippen molar-refractivity contribution in [3.63, 3.8) is 0 Å². The molecule has 0 saturated carbocycles. The van der Waals surface area contributed by atoms with Gasteiger partial charge in [-0.25, -0.2) is 9.79 Å². The second kappa shape index (κ2) is 5.91. The number of nitrogens with zero attached hydrogens (tertiary/aromatic N) is 2. The van der Waals surface area contributed by atoms with Crippen LogP contribution >= 0.6 is 12.6 Å². The third kappa shape index (κ3) is 2.85. The third-order valence-electron chi connectivity index (χ3n) is 2.85. The molecule has 96 valence electrons. The maximum Gasteiger partial charge on any atom is 0.338 e. The first-order valence-corrected chi connectivity index (χ1v) is 6.39. The molecule has 0 aromatic heterocycles. The molecular formula is C13H16N2O2S. The Morgan fingerprint density at radius 2 is 2.17 bits per heavy atom. The van der Waals surface area contributed by atoms with Crippen LogP contribution < -0.4 is 0 Å². The SMILES string of the molecule is COC(=O)C(S)N1CCCC1=Nc1ccccc1. The summed E-state index contributed by atoms with van der Waals surface area (Å²) >= 11 is 4.30. The number of rotatable bonds is 3. The fraction of sp³-hybridized carbons (Fsp3) is 0.385. The van der Waals surface area contributed by atoms with Crippen molar-refractivity contribution in [3.05, 3.63) is 30.3 Å². The standard InChI is InChI=1S/C13H16N2O2S/c1-17-13(16)12(18)15-9-5-8-11(15)14-10-6-3-2-4-7-10/h2-4,6-7,12,18H,5,8-9H2,1H3. The number of ether oxygens (including phenoxy) is 1. The molecule has 0 bridgehead atoms.